The lowest BCUT2D eigenvalue weighted by Crippen LogP contribution is -2.71. The number of amides is 1. The van der Waals surface area contributed by atoms with E-state index in [1.807, 2.05) is 25.1 Å². The van der Waals surface area contributed by atoms with E-state index in [9.17, 15) is 34.8 Å². The summed E-state index contributed by atoms with van der Waals surface area (Å²) in [6.45, 7) is 5.25. The number of aromatic hydroxyl groups is 1. The summed E-state index contributed by atoms with van der Waals surface area (Å²) in [5, 5.41) is 49.0. The van der Waals surface area contributed by atoms with Crippen molar-refractivity contribution in [2.24, 2.45) is 29.4 Å². The van der Waals surface area contributed by atoms with Gasteiger partial charge in [0, 0.05) is 49.4 Å². The Kier molecular flexibility index (Phi) is 8.07. The molecule has 1 saturated carbocycles. The van der Waals surface area contributed by atoms with Gasteiger partial charge < -0.3 is 41.3 Å². The molecule has 3 unspecified atom stereocenters. The Morgan fingerprint density at radius 3 is 2.42 bits per heavy atom. The molecule has 1 amide bonds. The quantitative estimate of drug-likeness (QED) is 0.246. The SMILES string of the molecule is CCC(C)CNCc1cc(N(C)C)c2c(c1O)C(=O)C1=C(O)[C@]3(O)C(=O)C(C(N)=O)C(O)[C@@H](N(C)C)[C@@H]3C[C@@H]1C2. The second-order valence-electron chi connectivity index (χ2n) is 12.1. The standard InChI is InChI=1S/C29H42N4O7/c1-7-13(2)11-31-12-15-10-18(32(3)4)16-8-14-9-17-22(33(5)6)25(36)21(28(30)39)27(38)29(17,40)26(37)19(14)24(35)20(16)23(15)34/h10,13-14,17,21-22,25,31,34,36-37,40H,7-9,11-12H2,1-6H3,(H2,30,39)/t13?,14-,17-,21?,22-,25?,29-/m0/s1. The number of allylic oxidation sites excluding steroid dienone is 1. The molecule has 1 aromatic rings. The number of anilines is 1. The number of fused-ring (bicyclic) bond motifs is 3. The molecule has 11 nitrogen and oxygen atoms in total. The van der Waals surface area contributed by atoms with Gasteiger partial charge in [-0.3, -0.25) is 14.4 Å². The van der Waals surface area contributed by atoms with Crippen LogP contribution in [0.3, 0.4) is 0 Å². The molecule has 0 heterocycles. The van der Waals surface area contributed by atoms with E-state index >= 15 is 0 Å². The average molecular weight is 559 g/mol. The van der Waals surface area contributed by atoms with E-state index in [-0.39, 0.29) is 29.7 Å². The number of phenols is 1. The molecule has 7 atom stereocenters. The van der Waals surface area contributed by atoms with Crippen LogP contribution in [0.25, 0.3) is 0 Å². The summed E-state index contributed by atoms with van der Waals surface area (Å²) in [6.07, 6.45) is -0.162. The van der Waals surface area contributed by atoms with Gasteiger partial charge in [-0.25, -0.2) is 0 Å². The molecule has 11 heteroatoms. The summed E-state index contributed by atoms with van der Waals surface area (Å²) in [4.78, 5) is 43.2. The molecular formula is C29H42N4O7. The van der Waals surface area contributed by atoms with Crippen LogP contribution in [0.5, 0.6) is 5.75 Å². The number of phenolic OH excluding ortho intramolecular Hbond substituents is 1. The van der Waals surface area contributed by atoms with E-state index in [0.29, 0.717) is 23.6 Å². The lowest BCUT2D eigenvalue weighted by Gasteiger charge is -2.53. The maximum atomic E-state index is 14.1. The highest BCUT2D eigenvalue weighted by atomic mass is 16.3. The van der Waals surface area contributed by atoms with Crippen molar-refractivity contribution >= 4 is 23.2 Å². The van der Waals surface area contributed by atoms with E-state index in [1.165, 1.54) is 0 Å². The smallest absolute Gasteiger partial charge is 0.230 e. The van der Waals surface area contributed by atoms with Crippen molar-refractivity contribution in [2.75, 3.05) is 39.6 Å². The average Bonchev–Trinajstić information content (AvgIpc) is 2.86. The first-order valence-corrected chi connectivity index (χ1v) is 13.8. The van der Waals surface area contributed by atoms with Gasteiger partial charge in [-0.05, 0) is 56.9 Å². The van der Waals surface area contributed by atoms with Crippen LogP contribution < -0.4 is 16.0 Å². The number of ketones is 2. The number of hydrogen-bond acceptors (Lipinski definition) is 10. The fraction of sp³-hybridized carbons (Fsp3) is 0.621. The third kappa shape index (κ3) is 4.49. The van der Waals surface area contributed by atoms with Crippen LogP contribution in [0.15, 0.2) is 17.4 Å². The number of nitrogens with one attached hydrogen (secondary N) is 1. The van der Waals surface area contributed by atoms with Gasteiger partial charge in [0.25, 0.3) is 0 Å². The van der Waals surface area contributed by atoms with Gasteiger partial charge in [-0.2, -0.15) is 0 Å². The fourth-order valence-electron chi connectivity index (χ4n) is 6.84. The first-order valence-electron chi connectivity index (χ1n) is 13.8. The highest BCUT2D eigenvalue weighted by Crippen LogP contribution is 2.53. The molecule has 3 aliphatic carbocycles. The number of carbonyl (C=O) groups is 3. The molecular weight excluding hydrogens is 516 g/mol. The lowest BCUT2D eigenvalue weighted by atomic mass is 9.56. The van der Waals surface area contributed by atoms with Gasteiger partial charge in [-0.1, -0.05) is 20.3 Å². The summed E-state index contributed by atoms with van der Waals surface area (Å²) in [5.74, 6) is -6.90. The number of aliphatic hydroxyl groups excluding tert-OH is 2. The molecule has 40 heavy (non-hydrogen) atoms. The van der Waals surface area contributed by atoms with Crippen LogP contribution >= 0.6 is 0 Å². The summed E-state index contributed by atoms with van der Waals surface area (Å²) in [7, 11) is 6.97. The van der Waals surface area contributed by atoms with E-state index in [2.05, 4.69) is 19.2 Å². The van der Waals surface area contributed by atoms with Crippen LogP contribution in [0.4, 0.5) is 5.69 Å². The van der Waals surface area contributed by atoms with Crippen molar-refractivity contribution in [1.82, 2.24) is 10.2 Å². The monoisotopic (exact) mass is 558 g/mol. The predicted octanol–water partition coefficient (Wildman–Crippen LogP) is 0.487. The molecule has 0 radical (unpaired) electrons. The normalized spacial score (nSPS) is 30.6. The van der Waals surface area contributed by atoms with Crippen molar-refractivity contribution in [1.29, 1.82) is 0 Å². The van der Waals surface area contributed by atoms with Crippen LogP contribution in [-0.4, -0.2) is 95.3 Å². The largest absolute Gasteiger partial charge is 0.508 e. The van der Waals surface area contributed by atoms with Crippen molar-refractivity contribution in [3.8, 4) is 5.75 Å². The second-order valence-corrected chi connectivity index (χ2v) is 12.1. The maximum absolute atomic E-state index is 14.1. The van der Waals surface area contributed by atoms with E-state index in [4.69, 9.17) is 5.73 Å². The molecule has 0 spiro atoms. The molecule has 0 aromatic heterocycles. The minimum Gasteiger partial charge on any atom is -0.508 e. The van der Waals surface area contributed by atoms with E-state index in [0.717, 1.165) is 18.7 Å². The minimum absolute atomic E-state index is 0.0327. The molecule has 1 aromatic carbocycles. The van der Waals surface area contributed by atoms with Gasteiger partial charge in [0.15, 0.2) is 17.2 Å². The van der Waals surface area contributed by atoms with Crippen LogP contribution in [0.2, 0.25) is 0 Å². The molecule has 1 fully saturated rings. The van der Waals surface area contributed by atoms with E-state index < -0.39 is 58.7 Å². The van der Waals surface area contributed by atoms with Gasteiger partial charge >= 0.3 is 0 Å². The highest BCUT2D eigenvalue weighted by molar-refractivity contribution is 6.16. The zero-order valence-corrected chi connectivity index (χ0v) is 24.1. The highest BCUT2D eigenvalue weighted by Gasteiger charge is 2.66. The number of rotatable bonds is 8. The Hall–Kier alpha value is -2.99. The summed E-state index contributed by atoms with van der Waals surface area (Å²) in [5.41, 5.74) is 4.62. The van der Waals surface area contributed by atoms with E-state index in [1.54, 1.807) is 19.0 Å². The molecule has 220 valence electrons. The number of carbonyl (C=O) groups excluding carboxylic acids is 3. The van der Waals surface area contributed by atoms with Gasteiger partial charge in [0.05, 0.1) is 11.7 Å². The number of primary amides is 1. The number of nitrogens with two attached hydrogens (primary N) is 1. The first-order chi connectivity index (χ1) is 18.7. The molecule has 0 bridgehead atoms. The number of Topliss-reactive ketones (excluding diaryl/α,β-unsaturated/α-hetero) is 2. The lowest BCUT2D eigenvalue weighted by molar-refractivity contribution is -0.178. The molecule has 0 aliphatic heterocycles. The number of benzene rings is 1. The molecule has 4 rings (SSSR count). The maximum Gasteiger partial charge on any atom is 0.230 e. The van der Waals surface area contributed by atoms with Crippen LogP contribution in [-0.2, 0) is 22.6 Å². The fourth-order valence-corrected chi connectivity index (χ4v) is 6.84. The van der Waals surface area contributed by atoms with Gasteiger partial charge in [-0.15, -0.1) is 0 Å². The van der Waals surface area contributed by atoms with Crippen molar-refractivity contribution in [3.63, 3.8) is 0 Å². The molecule has 0 saturated heterocycles. The minimum atomic E-state index is -2.59. The second kappa shape index (κ2) is 10.8. The number of nitrogens with zero attached hydrogens (tertiary/aromatic N) is 2. The van der Waals surface area contributed by atoms with Crippen molar-refractivity contribution < 1.29 is 34.8 Å². The molecule has 7 N–H and O–H groups in total. The van der Waals surface area contributed by atoms with Crippen molar-refractivity contribution in [2.45, 2.75) is 57.4 Å². The number of hydrogen-bond donors (Lipinski definition) is 6. The summed E-state index contributed by atoms with van der Waals surface area (Å²) >= 11 is 0. The summed E-state index contributed by atoms with van der Waals surface area (Å²) in [6, 6.07) is 0.952. The van der Waals surface area contributed by atoms with Crippen LogP contribution in [0, 0.1) is 23.7 Å². The topological polar surface area (TPSA) is 177 Å². The zero-order valence-electron chi connectivity index (χ0n) is 24.1. The Morgan fingerprint density at radius 2 is 1.88 bits per heavy atom. The third-order valence-electron chi connectivity index (χ3n) is 9.14. The molecule has 3 aliphatic rings. The number of aliphatic hydroxyl groups is 3. The Balaban J connectivity index is 1.87. The predicted molar refractivity (Wildman–Crippen MR) is 149 cm³/mol. The van der Waals surface area contributed by atoms with Gasteiger partial charge in [0.1, 0.15) is 17.4 Å². The van der Waals surface area contributed by atoms with Crippen molar-refractivity contribution in [3.05, 3.63) is 34.1 Å². The van der Waals surface area contributed by atoms with Gasteiger partial charge in [0.2, 0.25) is 5.91 Å². The van der Waals surface area contributed by atoms with Crippen LogP contribution in [0.1, 0.15) is 48.2 Å². The Bertz CT molecular complexity index is 1260. The first kappa shape index (κ1) is 30.0. The third-order valence-corrected chi connectivity index (χ3v) is 9.14. The number of likely N-dealkylation sites (N-methyl/N-ethyl adjacent to an activating group) is 1. The Labute approximate surface area is 234 Å². The Morgan fingerprint density at radius 1 is 1.23 bits per heavy atom. The zero-order chi connectivity index (χ0) is 29.8. The summed E-state index contributed by atoms with van der Waals surface area (Å²) < 4.78 is 0.